The number of rotatable bonds is 5. The van der Waals surface area contributed by atoms with Gasteiger partial charge in [-0.3, -0.25) is 0 Å². The Morgan fingerprint density at radius 3 is 2.95 bits per heavy atom. The van der Waals surface area contributed by atoms with E-state index in [0.29, 0.717) is 11.6 Å². The highest BCUT2D eigenvalue weighted by Crippen LogP contribution is 2.18. The molecular weight excluding hydrogens is 266 g/mol. The van der Waals surface area contributed by atoms with Gasteiger partial charge in [0.2, 0.25) is 5.95 Å². The SMILES string of the molecule is CC(CNc1nc(N)nc2nc[nH]c12)CN1CCCCC1. The van der Waals surface area contributed by atoms with Crippen LogP contribution in [0.2, 0.25) is 0 Å². The molecule has 114 valence electrons. The van der Waals surface area contributed by atoms with Crippen molar-refractivity contribution in [2.24, 2.45) is 5.92 Å². The average molecular weight is 289 g/mol. The molecule has 21 heavy (non-hydrogen) atoms. The second-order valence-corrected chi connectivity index (χ2v) is 5.88. The number of fused-ring (bicyclic) bond motifs is 1. The maximum Gasteiger partial charge on any atom is 0.224 e. The molecule has 1 unspecified atom stereocenters. The Bertz CT molecular complexity index is 588. The normalized spacial score (nSPS) is 18.0. The number of hydrogen-bond donors (Lipinski definition) is 3. The largest absolute Gasteiger partial charge is 0.368 e. The van der Waals surface area contributed by atoms with Crippen LogP contribution in [-0.4, -0.2) is 51.0 Å². The number of aromatic nitrogens is 4. The fraction of sp³-hybridized carbons (Fsp3) is 0.643. The van der Waals surface area contributed by atoms with Crippen molar-refractivity contribution >= 4 is 22.9 Å². The van der Waals surface area contributed by atoms with Gasteiger partial charge in [0.25, 0.3) is 0 Å². The van der Waals surface area contributed by atoms with E-state index in [-0.39, 0.29) is 5.95 Å². The summed E-state index contributed by atoms with van der Waals surface area (Å²) in [6.07, 6.45) is 5.65. The van der Waals surface area contributed by atoms with Gasteiger partial charge in [-0.2, -0.15) is 9.97 Å². The van der Waals surface area contributed by atoms with Crippen LogP contribution in [0.5, 0.6) is 0 Å². The van der Waals surface area contributed by atoms with Crippen molar-refractivity contribution in [2.45, 2.75) is 26.2 Å². The molecule has 0 bridgehead atoms. The maximum atomic E-state index is 5.72. The van der Waals surface area contributed by atoms with Gasteiger partial charge >= 0.3 is 0 Å². The lowest BCUT2D eigenvalue weighted by Crippen LogP contribution is -2.35. The van der Waals surface area contributed by atoms with Crippen LogP contribution in [0.25, 0.3) is 11.2 Å². The van der Waals surface area contributed by atoms with Crippen LogP contribution in [0.3, 0.4) is 0 Å². The second kappa shape index (κ2) is 6.26. The van der Waals surface area contributed by atoms with Crippen LogP contribution in [-0.2, 0) is 0 Å². The minimum atomic E-state index is 0.251. The molecular formula is C14H23N7. The van der Waals surface area contributed by atoms with Crippen molar-refractivity contribution in [3.05, 3.63) is 6.33 Å². The molecule has 0 saturated carbocycles. The van der Waals surface area contributed by atoms with Crippen molar-refractivity contribution in [3.8, 4) is 0 Å². The highest BCUT2D eigenvalue weighted by atomic mass is 15.1. The zero-order valence-electron chi connectivity index (χ0n) is 12.5. The van der Waals surface area contributed by atoms with Gasteiger partial charge in [0.15, 0.2) is 11.5 Å². The Kier molecular flexibility index (Phi) is 4.19. The predicted molar refractivity (Wildman–Crippen MR) is 84.0 cm³/mol. The minimum Gasteiger partial charge on any atom is -0.368 e. The van der Waals surface area contributed by atoms with E-state index < -0.39 is 0 Å². The van der Waals surface area contributed by atoms with E-state index >= 15 is 0 Å². The molecule has 7 heteroatoms. The van der Waals surface area contributed by atoms with Crippen LogP contribution < -0.4 is 11.1 Å². The van der Waals surface area contributed by atoms with Crippen molar-refractivity contribution in [1.82, 2.24) is 24.8 Å². The number of nitrogens with two attached hydrogens (primary N) is 1. The first-order valence-electron chi connectivity index (χ1n) is 7.65. The average Bonchev–Trinajstić information content (AvgIpc) is 2.94. The van der Waals surface area contributed by atoms with Crippen molar-refractivity contribution < 1.29 is 0 Å². The second-order valence-electron chi connectivity index (χ2n) is 5.88. The number of imidazole rings is 1. The molecule has 2 aromatic heterocycles. The molecule has 3 heterocycles. The van der Waals surface area contributed by atoms with Crippen LogP contribution in [0.4, 0.5) is 11.8 Å². The molecule has 0 amide bonds. The quantitative estimate of drug-likeness (QED) is 0.771. The molecule has 0 aromatic carbocycles. The van der Waals surface area contributed by atoms with Crippen LogP contribution in [0.1, 0.15) is 26.2 Å². The Labute approximate surface area is 124 Å². The summed E-state index contributed by atoms with van der Waals surface area (Å²) in [5.41, 5.74) is 7.13. The van der Waals surface area contributed by atoms with E-state index in [2.05, 4.69) is 37.1 Å². The lowest BCUT2D eigenvalue weighted by Gasteiger charge is -2.29. The monoisotopic (exact) mass is 289 g/mol. The molecule has 0 radical (unpaired) electrons. The van der Waals surface area contributed by atoms with Crippen LogP contribution >= 0.6 is 0 Å². The minimum absolute atomic E-state index is 0.251. The first-order valence-corrected chi connectivity index (χ1v) is 7.65. The van der Waals surface area contributed by atoms with E-state index in [1.807, 2.05) is 0 Å². The van der Waals surface area contributed by atoms with Gasteiger partial charge in [-0.25, -0.2) is 4.98 Å². The number of likely N-dealkylation sites (tertiary alicyclic amines) is 1. The van der Waals surface area contributed by atoms with Gasteiger partial charge in [-0.1, -0.05) is 13.3 Å². The molecule has 7 nitrogen and oxygen atoms in total. The van der Waals surface area contributed by atoms with E-state index in [1.54, 1.807) is 6.33 Å². The Morgan fingerprint density at radius 1 is 1.33 bits per heavy atom. The Morgan fingerprint density at radius 2 is 2.14 bits per heavy atom. The van der Waals surface area contributed by atoms with E-state index in [0.717, 1.165) is 24.4 Å². The summed E-state index contributed by atoms with van der Waals surface area (Å²) in [4.78, 5) is 18.1. The summed E-state index contributed by atoms with van der Waals surface area (Å²) in [7, 11) is 0. The molecule has 1 saturated heterocycles. The maximum absolute atomic E-state index is 5.72. The molecule has 0 aliphatic carbocycles. The van der Waals surface area contributed by atoms with E-state index in [9.17, 15) is 0 Å². The van der Waals surface area contributed by atoms with E-state index in [4.69, 9.17) is 5.73 Å². The van der Waals surface area contributed by atoms with Crippen LogP contribution in [0, 0.1) is 5.92 Å². The summed E-state index contributed by atoms with van der Waals surface area (Å²) in [6.45, 7) is 6.71. The predicted octanol–water partition coefficient (Wildman–Crippen LogP) is 1.47. The third kappa shape index (κ3) is 3.41. The number of hydrogen-bond acceptors (Lipinski definition) is 6. The zero-order chi connectivity index (χ0) is 14.7. The molecule has 1 aliphatic heterocycles. The van der Waals surface area contributed by atoms with Gasteiger partial charge < -0.3 is 20.9 Å². The van der Waals surface area contributed by atoms with Gasteiger partial charge in [0, 0.05) is 13.1 Å². The molecule has 2 aromatic rings. The fourth-order valence-electron chi connectivity index (χ4n) is 2.90. The lowest BCUT2D eigenvalue weighted by atomic mass is 10.1. The highest BCUT2D eigenvalue weighted by Gasteiger charge is 2.14. The number of nitrogens with one attached hydrogen (secondary N) is 2. The molecule has 3 rings (SSSR count). The topological polar surface area (TPSA) is 95.7 Å². The Hall–Kier alpha value is -1.89. The Balaban J connectivity index is 1.59. The first-order chi connectivity index (χ1) is 10.2. The number of H-pyrrole nitrogens is 1. The smallest absolute Gasteiger partial charge is 0.224 e. The number of aromatic amines is 1. The molecule has 1 fully saturated rings. The fourth-order valence-corrected chi connectivity index (χ4v) is 2.90. The molecule has 1 aliphatic rings. The van der Waals surface area contributed by atoms with Crippen LogP contribution in [0.15, 0.2) is 6.33 Å². The third-order valence-electron chi connectivity index (χ3n) is 3.94. The number of nitrogen functional groups attached to an aromatic ring is 1. The summed E-state index contributed by atoms with van der Waals surface area (Å²) in [6, 6.07) is 0. The zero-order valence-corrected chi connectivity index (χ0v) is 12.5. The van der Waals surface area contributed by atoms with Gasteiger partial charge in [0.05, 0.1) is 6.33 Å². The summed E-state index contributed by atoms with van der Waals surface area (Å²) < 4.78 is 0. The number of nitrogens with zero attached hydrogens (tertiary/aromatic N) is 4. The first kappa shape index (κ1) is 14.1. The van der Waals surface area contributed by atoms with Gasteiger partial charge in [-0.05, 0) is 31.8 Å². The summed E-state index contributed by atoms with van der Waals surface area (Å²) in [5, 5.41) is 3.37. The molecule has 0 spiro atoms. The highest BCUT2D eigenvalue weighted by molar-refractivity contribution is 5.83. The van der Waals surface area contributed by atoms with Gasteiger partial charge in [-0.15, -0.1) is 0 Å². The third-order valence-corrected chi connectivity index (χ3v) is 3.94. The van der Waals surface area contributed by atoms with E-state index in [1.165, 1.54) is 32.4 Å². The van der Waals surface area contributed by atoms with Crippen molar-refractivity contribution in [1.29, 1.82) is 0 Å². The molecule has 1 atom stereocenters. The van der Waals surface area contributed by atoms with Crippen molar-refractivity contribution in [2.75, 3.05) is 37.2 Å². The summed E-state index contributed by atoms with van der Waals surface area (Å²) >= 11 is 0. The lowest BCUT2D eigenvalue weighted by molar-refractivity contribution is 0.204. The van der Waals surface area contributed by atoms with Gasteiger partial charge in [0.1, 0.15) is 5.52 Å². The summed E-state index contributed by atoms with van der Waals surface area (Å²) in [5.74, 6) is 1.54. The standard InChI is InChI=1S/C14H23N7/c1-10(8-21-5-3-2-4-6-21)7-16-12-11-13(18-9-17-11)20-14(15)19-12/h9-10H,2-8H2,1H3,(H4,15,16,17,18,19,20). The molecule has 4 N–H and O–H groups in total. The number of piperidine rings is 1. The number of anilines is 2. The van der Waals surface area contributed by atoms with Crippen molar-refractivity contribution in [3.63, 3.8) is 0 Å².